The fourth-order valence-corrected chi connectivity index (χ4v) is 1.14. The zero-order chi connectivity index (χ0) is 13.0. The van der Waals surface area contributed by atoms with E-state index < -0.39 is 16.7 Å². The van der Waals surface area contributed by atoms with Crippen LogP contribution >= 0.6 is 0 Å². The van der Waals surface area contributed by atoms with Crippen LogP contribution in [0.2, 0.25) is 0 Å². The van der Waals surface area contributed by atoms with E-state index in [-0.39, 0.29) is 23.7 Å². The summed E-state index contributed by atoms with van der Waals surface area (Å²) in [5.41, 5.74) is 5.00. The number of nitro groups is 1. The lowest BCUT2D eigenvalue weighted by Gasteiger charge is -2.10. The van der Waals surface area contributed by atoms with Crippen LogP contribution in [0.5, 0.6) is 5.75 Å². The average molecular weight is 239 g/mol. The summed E-state index contributed by atoms with van der Waals surface area (Å²) in [5, 5.41) is 22.3. The van der Waals surface area contributed by atoms with Gasteiger partial charge in [0.25, 0.3) is 5.69 Å². The monoisotopic (exact) mass is 239 g/mol. The second kappa shape index (κ2) is 5.26. The normalized spacial score (nSPS) is 11.9. The van der Waals surface area contributed by atoms with E-state index in [0.717, 1.165) is 6.07 Å². The molecule has 1 aromatic rings. The minimum Gasteiger partial charge on any atom is -0.508 e. The van der Waals surface area contributed by atoms with Gasteiger partial charge in [-0.2, -0.15) is 0 Å². The van der Waals surface area contributed by atoms with Gasteiger partial charge in [-0.25, -0.2) is 0 Å². The standard InChI is InChI=1S/C10H13N3O4/c1-6(5-11)10(15)12-8-3-2-7(14)4-9(8)13(16)17/h2-4,6,14H,5,11H2,1H3,(H,12,15). The van der Waals surface area contributed by atoms with E-state index >= 15 is 0 Å². The topological polar surface area (TPSA) is 118 Å². The number of nitrogens with zero attached hydrogens (tertiary/aromatic N) is 1. The SMILES string of the molecule is CC(CN)C(=O)Nc1ccc(O)cc1[N+](=O)[O-]. The van der Waals surface area contributed by atoms with Crippen LogP contribution in [0.3, 0.4) is 0 Å². The molecule has 0 heterocycles. The molecule has 0 radical (unpaired) electrons. The Morgan fingerprint density at radius 3 is 2.82 bits per heavy atom. The number of phenolic OH excluding ortho intramolecular Hbond substituents is 1. The van der Waals surface area contributed by atoms with Gasteiger partial charge in [0.15, 0.2) is 0 Å². The Morgan fingerprint density at radius 1 is 1.65 bits per heavy atom. The predicted molar refractivity (Wildman–Crippen MR) is 61.6 cm³/mol. The van der Waals surface area contributed by atoms with Crippen LogP contribution in [0.1, 0.15) is 6.92 Å². The second-order valence-electron chi connectivity index (χ2n) is 3.58. The van der Waals surface area contributed by atoms with Crippen LogP contribution in [0.15, 0.2) is 18.2 Å². The first-order chi connectivity index (χ1) is 7.95. The van der Waals surface area contributed by atoms with Gasteiger partial charge in [0.2, 0.25) is 5.91 Å². The van der Waals surface area contributed by atoms with Crippen molar-refractivity contribution in [2.24, 2.45) is 11.7 Å². The van der Waals surface area contributed by atoms with E-state index in [1.807, 2.05) is 0 Å². The summed E-state index contributed by atoms with van der Waals surface area (Å²) in [6, 6.07) is 3.51. The molecule has 92 valence electrons. The number of phenols is 1. The Kier molecular flexibility index (Phi) is 4.00. The molecular weight excluding hydrogens is 226 g/mol. The molecule has 1 atom stereocenters. The third-order valence-electron chi connectivity index (χ3n) is 2.24. The summed E-state index contributed by atoms with van der Waals surface area (Å²) in [6.07, 6.45) is 0. The number of aromatic hydroxyl groups is 1. The molecule has 7 heteroatoms. The van der Waals surface area contributed by atoms with Crippen molar-refractivity contribution in [2.45, 2.75) is 6.92 Å². The van der Waals surface area contributed by atoms with E-state index in [1.54, 1.807) is 6.92 Å². The summed E-state index contributed by atoms with van der Waals surface area (Å²) in [7, 11) is 0. The van der Waals surface area contributed by atoms with Crippen molar-refractivity contribution < 1.29 is 14.8 Å². The van der Waals surface area contributed by atoms with Crippen molar-refractivity contribution >= 4 is 17.3 Å². The Morgan fingerprint density at radius 2 is 2.29 bits per heavy atom. The van der Waals surface area contributed by atoms with E-state index in [0.29, 0.717) is 0 Å². The Balaban J connectivity index is 2.98. The first kappa shape index (κ1) is 12.9. The largest absolute Gasteiger partial charge is 0.508 e. The second-order valence-corrected chi connectivity index (χ2v) is 3.58. The van der Waals surface area contributed by atoms with Gasteiger partial charge < -0.3 is 16.2 Å². The molecule has 17 heavy (non-hydrogen) atoms. The van der Waals surface area contributed by atoms with Crippen LogP contribution < -0.4 is 11.1 Å². The van der Waals surface area contributed by atoms with Gasteiger partial charge in [-0.05, 0) is 12.1 Å². The molecule has 1 amide bonds. The fourth-order valence-electron chi connectivity index (χ4n) is 1.14. The van der Waals surface area contributed by atoms with Crippen molar-refractivity contribution in [2.75, 3.05) is 11.9 Å². The quantitative estimate of drug-likeness (QED) is 0.408. The molecular formula is C10H13N3O4. The van der Waals surface area contributed by atoms with Crippen molar-refractivity contribution in [1.29, 1.82) is 0 Å². The molecule has 0 saturated heterocycles. The van der Waals surface area contributed by atoms with E-state index in [1.165, 1.54) is 12.1 Å². The number of nitro benzene ring substituents is 1. The Bertz CT molecular complexity index is 447. The van der Waals surface area contributed by atoms with Crippen molar-refractivity contribution in [3.63, 3.8) is 0 Å². The molecule has 0 bridgehead atoms. The minimum atomic E-state index is -0.678. The predicted octanol–water partition coefficient (Wildman–Crippen LogP) is 0.834. The lowest BCUT2D eigenvalue weighted by Crippen LogP contribution is -2.26. The zero-order valence-electron chi connectivity index (χ0n) is 9.21. The summed E-state index contributed by atoms with van der Waals surface area (Å²) >= 11 is 0. The Hall–Kier alpha value is -2.15. The van der Waals surface area contributed by atoms with Gasteiger partial charge in [0.05, 0.1) is 11.0 Å². The molecule has 0 aliphatic heterocycles. The van der Waals surface area contributed by atoms with Crippen LogP contribution in [0.25, 0.3) is 0 Å². The first-order valence-corrected chi connectivity index (χ1v) is 4.94. The average Bonchev–Trinajstić information content (AvgIpc) is 2.29. The highest BCUT2D eigenvalue weighted by atomic mass is 16.6. The number of hydrogen-bond donors (Lipinski definition) is 3. The minimum absolute atomic E-state index is 0.0399. The number of anilines is 1. The Labute approximate surface area is 97.4 Å². The van der Waals surface area contributed by atoms with E-state index in [4.69, 9.17) is 10.8 Å². The van der Waals surface area contributed by atoms with Gasteiger partial charge in [-0.15, -0.1) is 0 Å². The van der Waals surface area contributed by atoms with Crippen LogP contribution in [-0.2, 0) is 4.79 Å². The lowest BCUT2D eigenvalue weighted by molar-refractivity contribution is -0.384. The third-order valence-corrected chi connectivity index (χ3v) is 2.24. The number of nitrogens with two attached hydrogens (primary N) is 1. The summed E-state index contributed by atoms with van der Waals surface area (Å²) in [4.78, 5) is 21.6. The van der Waals surface area contributed by atoms with Crippen molar-refractivity contribution in [3.05, 3.63) is 28.3 Å². The molecule has 0 spiro atoms. The van der Waals surface area contributed by atoms with Gasteiger partial charge in [-0.1, -0.05) is 6.92 Å². The molecule has 0 saturated carbocycles. The number of hydrogen-bond acceptors (Lipinski definition) is 5. The molecule has 7 nitrogen and oxygen atoms in total. The molecule has 0 aromatic heterocycles. The summed E-state index contributed by atoms with van der Waals surface area (Å²) in [6.45, 7) is 1.76. The molecule has 1 rings (SSSR count). The third kappa shape index (κ3) is 3.15. The molecule has 0 aliphatic rings. The zero-order valence-corrected chi connectivity index (χ0v) is 9.21. The van der Waals surface area contributed by atoms with Crippen LogP contribution in [-0.4, -0.2) is 22.5 Å². The number of carbonyl (C=O) groups excluding carboxylic acids is 1. The smallest absolute Gasteiger partial charge is 0.296 e. The maximum absolute atomic E-state index is 11.5. The van der Waals surface area contributed by atoms with Crippen LogP contribution in [0.4, 0.5) is 11.4 Å². The molecule has 0 aliphatic carbocycles. The molecule has 1 aromatic carbocycles. The van der Waals surface area contributed by atoms with Crippen molar-refractivity contribution in [3.8, 4) is 5.75 Å². The highest BCUT2D eigenvalue weighted by Crippen LogP contribution is 2.28. The molecule has 1 unspecified atom stereocenters. The van der Waals surface area contributed by atoms with Gasteiger partial charge >= 0.3 is 0 Å². The van der Waals surface area contributed by atoms with Gasteiger partial charge in [0, 0.05) is 12.5 Å². The van der Waals surface area contributed by atoms with E-state index in [9.17, 15) is 14.9 Å². The maximum Gasteiger partial charge on any atom is 0.296 e. The number of carbonyl (C=O) groups is 1. The lowest BCUT2D eigenvalue weighted by atomic mass is 10.1. The van der Waals surface area contributed by atoms with Gasteiger partial charge in [-0.3, -0.25) is 14.9 Å². The van der Waals surface area contributed by atoms with Gasteiger partial charge in [0.1, 0.15) is 11.4 Å². The fraction of sp³-hybridized carbons (Fsp3) is 0.300. The first-order valence-electron chi connectivity index (χ1n) is 4.94. The number of nitrogens with one attached hydrogen (secondary N) is 1. The highest BCUT2D eigenvalue weighted by Gasteiger charge is 2.18. The highest BCUT2D eigenvalue weighted by molar-refractivity contribution is 5.94. The number of amides is 1. The summed E-state index contributed by atoms with van der Waals surface area (Å²) in [5.74, 6) is -1.08. The molecule has 0 fully saturated rings. The van der Waals surface area contributed by atoms with E-state index in [2.05, 4.69) is 5.32 Å². The molecule has 4 N–H and O–H groups in total. The van der Waals surface area contributed by atoms with Crippen molar-refractivity contribution in [1.82, 2.24) is 0 Å². The number of benzene rings is 1. The van der Waals surface area contributed by atoms with Crippen LogP contribution in [0, 0.1) is 16.0 Å². The summed E-state index contributed by atoms with van der Waals surface area (Å²) < 4.78 is 0. The maximum atomic E-state index is 11.5. The number of rotatable bonds is 4.